The molecule has 3 aromatic carbocycles. The molecule has 2 heterocycles. The Kier molecular flexibility index (Phi) is 7.01. The van der Waals surface area contributed by atoms with Crippen LogP contribution >= 0.6 is 35.0 Å². The van der Waals surface area contributed by atoms with Crippen molar-refractivity contribution >= 4 is 64.1 Å². The number of carbonyl (C=O) groups is 3. The summed E-state index contributed by atoms with van der Waals surface area (Å²) in [5.41, 5.74) is 2.51. The second-order valence-electron chi connectivity index (χ2n) is 8.05. The van der Waals surface area contributed by atoms with Crippen LogP contribution in [0, 0.1) is 0 Å². The fraction of sp³-hybridized carbons (Fsp3) is 0.115. The first-order chi connectivity index (χ1) is 17.9. The van der Waals surface area contributed by atoms with E-state index in [0.29, 0.717) is 50.1 Å². The lowest BCUT2D eigenvalue weighted by Gasteiger charge is -2.14. The molecule has 1 aliphatic rings. The minimum absolute atomic E-state index is 0.107. The second kappa shape index (κ2) is 10.4. The summed E-state index contributed by atoms with van der Waals surface area (Å²) in [5, 5.41) is 12.8. The molecule has 0 radical (unpaired) electrons. The number of anilines is 2. The minimum Gasteiger partial charge on any atom is -0.324 e. The first kappa shape index (κ1) is 25.0. The Morgan fingerprint density at radius 3 is 2.24 bits per heavy atom. The van der Waals surface area contributed by atoms with Gasteiger partial charge in [0, 0.05) is 17.1 Å². The number of hydrogen-bond acceptors (Lipinski definition) is 6. The lowest BCUT2D eigenvalue weighted by Crippen LogP contribution is -2.29. The van der Waals surface area contributed by atoms with Gasteiger partial charge in [0.15, 0.2) is 11.0 Å². The summed E-state index contributed by atoms with van der Waals surface area (Å²) in [6, 6.07) is 18.6. The zero-order valence-electron chi connectivity index (χ0n) is 19.4. The number of fused-ring (bicyclic) bond motifs is 1. The quantitative estimate of drug-likeness (QED) is 0.230. The van der Waals surface area contributed by atoms with Crippen molar-refractivity contribution in [2.75, 3.05) is 16.0 Å². The number of halogens is 2. The van der Waals surface area contributed by atoms with Crippen LogP contribution in [-0.4, -0.2) is 38.2 Å². The molecule has 1 aromatic heterocycles. The van der Waals surface area contributed by atoms with Gasteiger partial charge in [-0.25, -0.2) is 4.90 Å². The van der Waals surface area contributed by atoms with Crippen molar-refractivity contribution in [2.24, 2.45) is 0 Å². The summed E-state index contributed by atoms with van der Waals surface area (Å²) in [6.07, 6.45) is 0. The van der Waals surface area contributed by atoms with Crippen LogP contribution in [0.5, 0.6) is 0 Å². The topological polar surface area (TPSA) is 97.2 Å². The Hall–Kier alpha value is -3.66. The summed E-state index contributed by atoms with van der Waals surface area (Å²) in [6.45, 7) is 2.53. The second-order valence-corrected chi connectivity index (χ2v) is 9.84. The zero-order valence-corrected chi connectivity index (χ0v) is 21.8. The van der Waals surface area contributed by atoms with Crippen LogP contribution in [0.1, 0.15) is 27.6 Å². The maximum absolute atomic E-state index is 12.8. The van der Waals surface area contributed by atoms with Crippen molar-refractivity contribution in [3.8, 4) is 11.4 Å². The summed E-state index contributed by atoms with van der Waals surface area (Å²) in [4.78, 5) is 39.2. The van der Waals surface area contributed by atoms with E-state index >= 15 is 0 Å². The van der Waals surface area contributed by atoms with E-state index in [-0.39, 0.29) is 23.5 Å². The Labute approximate surface area is 226 Å². The van der Waals surface area contributed by atoms with Crippen LogP contribution in [0.25, 0.3) is 11.4 Å². The third-order valence-electron chi connectivity index (χ3n) is 5.75. The van der Waals surface area contributed by atoms with E-state index in [0.717, 1.165) is 5.56 Å². The molecule has 0 saturated carbocycles. The number of thioether (sulfide) groups is 1. The number of hydrogen-bond donors (Lipinski definition) is 1. The van der Waals surface area contributed by atoms with Gasteiger partial charge < -0.3 is 9.88 Å². The Balaban J connectivity index is 1.29. The molecule has 0 fully saturated rings. The molecular formula is C26H19Cl2N5O3S. The zero-order chi connectivity index (χ0) is 26.1. The molecule has 5 rings (SSSR count). The average Bonchev–Trinajstić information content (AvgIpc) is 3.43. The number of amides is 3. The summed E-state index contributed by atoms with van der Waals surface area (Å²) >= 11 is 13.3. The molecule has 0 bridgehead atoms. The number of aromatic nitrogens is 3. The molecule has 0 saturated heterocycles. The largest absolute Gasteiger partial charge is 0.324 e. The highest BCUT2D eigenvalue weighted by Gasteiger charge is 2.36. The van der Waals surface area contributed by atoms with Crippen LogP contribution in [0.3, 0.4) is 0 Å². The maximum atomic E-state index is 12.8. The van der Waals surface area contributed by atoms with Gasteiger partial charge in [-0.1, -0.05) is 47.1 Å². The number of carbonyl (C=O) groups excluding carboxylic acids is 3. The van der Waals surface area contributed by atoms with Crippen molar-refractivity contribution in [3.05, 3.63) is 87.9 Å². The normalized spacial score (nSPS) is 12.7. The highest BCUT2D eigenvalue weighted by Crippen LogP contribution is 2.31. The highest BCUT2D eigenvalue weighted by molar-refractivity contribution is 7.99. The standard InChI is InChI=1S/C26H19Cl2N5O3S/c1-2-32-23(30-31-26(32)37-14-22(34)29-21-12-9-16(27)13-20(21)28)15-7-10-17(11-8-15)33-24(35)18-5-3-4-6-19(18)25(33)36/h3-13H,2,14H2,1H3,(H,29,34). The summed E-state index contributed by atoms with van der Waals surface area (Å²) in [5.74, 6) is -0.217. The van der Waals surface area contributed by atoms with Gasteiger partial charge in [0.2, 0.25) is 5.91 Å². The van der Waals surface area contributed by atoms with Gasteiger partial charge in [-0.2, -0.15) is 0 Å². The SMILES string of the molecule is CCn1c(SCC(=O)Nc2ccc(Cl)cc2Cl)nnc1-c1ccc(N2C(=O)c3ccccc3C2=O)cc1. The van der Waals surface area contributed by atoms with Gasteiger partial charge in [0.25, 0.3) is 11.8 Å². The summed E-state index contributed by atoms with van der Waals surface area (Å²) in [7, 11) is 0. The van der Waals surface area contributed by atoms with Crippen LogP contribution < -0.4 is 10.2 Å². The maximum Gasteiger partial charge on any atom is 0.266 e. The molecule has 3 amide bonds. The van der Waals surface area contributed by atoms with E-state index in [1.54, 1.807) is 66.7 Å². The average molecular weight is 552 g/mol. The van der Waals surface area contributed by atoms with Crippen molar-refractivity contribution < 1.29 is 14.4 Å². The van der Waals surface area contributed by atoms with E-state index in [1.165, 1.54) is 16.7 Å². The molecule has 37 heavy (non-hydrogen) atoms. The van der Waals surface area contributed by atoms with Gasteiger partial charge in [-0.3, -0.25) is 14.4 Å². The molecule has 11 heteroatoms. The van der Waals surface area contributed by atoms with Crippen molar-refractivity contribution in [2.45, 2.75) is 18.6 Å². The fourth-order valence-corrected chi connectivity index (χ4v) is 5.24. The van der Waals surface area contributed by atoms with E-state index in [2.05, 4.69) is 15.5 Å². The summed E-state index contributed by atoms with van der Waals surface area (Å²) < 4.78 is 1.89. The highest BCUT2D eigenvalue weighted by atomic mass is 35.5. The number of benzene rings is 3. The van der Waals surface area contributed by atoms with Crippen LogP contribution in [0.2, 0.25) is 10.0 Å². The number of nitrogens with zero attached hydrogens (tertiary/aromatic N) is 4. The molecule has 0 spiro atoms. The van der Waals surface area contributed by atoms with Gasteiger partial charge in [-0.05, 0) is 61.5 Å². The predicted octanol–water partition coefficient (Wildman–Crippen LogP) is 5.80. The van der Waals surface area contributed by atoms with Crippen LogP contribution in [0.4, 0.5) is 11.4 Å². The molecule has 0 unspecified atom stereocenters. The van der Waals surface area contributed by atoms with Crippen LogP contribution in [-0.2, 0) is 11.3 Å². The van der Waals surface area contributed by atoms with Crippen molar-refractivity contribution in [3.63, 3.8) is 0 Å². The van der Waals surface area contributed by atoms with E-state index in [9.17, 15) is 14.4 Å². The third kappa shape index (κ3) is 4.85. The van der Waals surface area contributed by atoms with E-state index < -0.39 is 0 Å². The number of nitrogens with one attached hydrogen (secondary N) is 1. The molecule has 1 aliphatic heterocycles. The predicted molar refractivity (Wildman–Crippen MR) is 145 cm³/mol. The van der Waals surface area contributed by atoms with Crippen molar-refractivity contribution in [1.82, 2.24) is 14.8 Å². The minimum atomic E-state index is -0.345. The smallest absolute Gasteiger partial charge is 0.266 e. The van der Waals surface area contributed by atoms with Gasteiger partial charge in [-0.15, -0.1) is 10.2 Å². The first-order valence-electron chi connectivity index (χ1n) is 11.3. The molecular weight excluding hydrogens is 533 g/mol. The van der Waals surface area contributed by atoms with E-state index in [1.807, 2.05) is 11.5 Å². The van der Waals surface area contributed by atoms with Gasteiger partial charge >= 0.3 is 0 Å². The molecule has 186 valence electrons. The van der Waals surface area contributed by atoms with Crippen molar-refractivity contribution in [1.29, 1.82) is 0 Å². The first-order valence-corrected chi connectivity index (χ1v) is 13.0. The molecule has 1 N–H and O–H groups in total. The van der Waals surface area contributed by atoms with E-state index in [4.69, 9.17) is 23.2 Å². The lowest BCUT2D eigenvalue weighted by atomic mass is 10.1. The lowest BCUT2D eigenvalue weighted by molar-refractivity contribution is -0.113. The fourth-order valence-electron chi connectivity index (χ4n) is 3.98. The third-order valence-corrected chi connectivity index (χ3v) is 7.26. The number of rotatable bonds is 7. The number of imide groups is 1. The Bertz CT molecular complexity index is 1500. The Morgan fingerprint density at radius 1 is 0.946 bits per heavy atom. The monoisotopic (exact) mass is 551 g/mol. The molecule has 0 atom stereocenters. The van der Waals surface area contributed by atoms with Gasteiger partial charge in [0.05, 0.1) is 33.3 Å². The van der Waals surface area contributed by atoms with Crippen LogP contribution in [0.15, 0.2) is 71.9 Å². The Morgan fingerprint density at radius 2 is 1.62 bits per heavy atom. The molecule has 8 nitrogen and oxygen atoms in total. The molecule has 4 aromatic rings. The molecule has 0 aliphatic carbocycles. The van der Waals surface area contributed by atoms with Gasteiger partial charge in [0.1, 0.15) is 0 Å².